The Morgan fingerprint density at radius 3 is 2.52 bits per heavy atom. The summed E-state index contributed by atoms with van der Waals surface area (Å²) >= 11 is 5.86. The molecule has 1 atom stereocenters. The lowest BCUT2D eigenvalue weighted by Gasteiger charge is -2.19. The molecule has 23 heavy (non-hydrogen) atoms. The average Bonchev–Trinajstić information content (AvgIpc) is 2.54. The van der Waals surface area contributed by atoms with Gasteiger partial charge < -0.3 is 10.1 Å². The second-order valence-corrected chi connectivity index (χ2v) is 6.06. The van der Waals surface area contributed by atoms with Gasteiger partial charge in [0.05, 0.1) is 0 Å². The van der Waals surface area contributed by atoms with Crippen molar-refractivity contribution in [2.24, 2.45) is 0 Å². The highest BCUT2D eigenvalue weighted by Gasteiger charge is 2.18. The minimum atomic E-state index is -0.497. The van der Waals surface area contributed by atoms with Crippen molar-refractivity contribution in [1.82, 2.24) is 5.32 Å². The van der Waals surface area contributed by atoms with Crippen LogP contribution in [-0.2, 0) is 11.3 Å². The standard InChI is InChI=1S/C19H22ClNO2/c1-4-17(23-18-11-13(2)5-6-14(18)3)19(22)21-12-15-7-9-16(20)10-8-15/h5-11,17H,4,12H2,1-3H3,(H,21,22)/t17-/m0/s1. The summed E-state index contributed by atoms with van der Waals surface area (Å²) in [6.07, 6.45) is 0.114. The molecule has 0 bridgehead atoms. The molecule has 0 aliphatic heterocycles. The van der Waals surface area contributed by atoms with E-state index < -0.39 is 6.10 Å². The molecule has 0 heterocycles. The number of hydrogen-bond donors (Lipinski definition) is 1. The molecule has 0 aliphatic carbocycles. The van der Waals surface area contributed by atoms with E-state index in [1.54, 1.807) is 0 Å². The Labute approximate surface area is 142 Å². The Hall–Kier alpha value is -2.00. The van der Waals surface area contributed by atoms with Crippen molar-refractivity contribution in [1.29, 1.82) is 0 Å². The molecule has 2 rings (SSSR count). The summed E-state index contributed by atoms with van der Waals surface area (Å²) in [7, 11) is 0. The molecule has 4 heteroatoms. The Kier molecular flexibility index (Phi) is 6.05. The zero-order valence-electron chi connectivity index (χ0n) is 13.7. The Bertz CT molecular complexity index is 668. The summed E-state index contributed by atoms with van der Waals surface area (Å²) in [5.41, 5.74) is 3.14. The van der Waals surface area contributed by atoms with Gasteiger partial charge in [0.2, 0.25) is 0 Å². The van der Waals surface area contributed by atoms with Crippen LogP contribution in [0.4, 0.5) is 0 Å². The number of carbonyl (C=O) groups is 1. The zero-order chi connectivity index (χ0) is 16.8. The molecule has 2 aromatic rings. The number of rotatable bonds is 6. The van der Waals surface area contributed by atoms with Crippen molar-refractivity contribution in [3.63, 3.8) is 0 Å². The van der Waals surface area contributed by atoms with E-state index in [4.69, 9.17) is 16.3 Å². The Balaban J connectivity index is 1.98. The first-order chi connectivity index (χ1) is 11.0. The van der Waals surface area contributed by atoms with Crippen LogP contribution in [0.5, 0.6) is 5.75 Å². The predicted octanol–water partition coefficient (Wildman–Crippen LogP) is 4.43. The quantitative estimate of drug-likeness (QED) is 0.850. The number of hydrogen-bond acceptors (Lipinski definition) is 2. The average molecular weight is 332 g/mol. The predicted molar refractivity (Wildman–Crippen MR) is 93.9 cm³/mol. The van der Waals surface area contributed by atoms with Gasteiger partial charge in [-0.2, -0.15) is 0 Å². The normalized spacial score (nSPS) is 11.8. The first-order valence-electron chi connectivity index (χ1n) is 7.75. The van der Waals surface area contributed by atoms with Crippen LogP contribution in [0.3, 0.4) is 0 Å². The van der Waals surface area contributed by atoms with Crippen LogP contribution in [-0.4, -0.2) is 12.0 Å². The molecule has 3 nitrogen and oxygen atoms in total. The van der Waals surface area contributed by atoms with Crippen LogP contribution in [0.2, 0.25) is 5.02 Å². The molecule has 0 aliphatic rings. The molecule has 0 unspecified atom stereocenters. The second kappa shape index (κ2) is 8.02. The molecular weight excluding hydrogens is 310 g/mol. The van der Waals surface area contributed by atoms with Gasteiger partial charge >= 0.3 is 0 Å². The molecule has 0 saturated heterocycles. The van der Waals surface area contributed by atoms with Gasteiger partial charge in [0, 0.05) is 11.6 Å². The van der Waals surface area contributed by atoms with Gasteiger partial charge in [-0.3, -0.25) is 4.79 Å². The van der Waals surface area contributed by atoms with Gasteiger partial charge in [0.25, 0.3) is 5.91 Å². The van der Waals surface area contributed by atoms with Gasteiger partial charge in [-0.15, -0.1) is 0 Å². The van der Waals surface area contributed by atoms with E-state index in [1.807, 2.05) is 63.2 Å². The topological polar surface area (TPSA) is 38.3 Å². The number of nitrogens with one attached hydrogen (secondary N) is 1. The van der Waals surface area contributed by atoms with Crippen LogP contribution in [0.25, 0.3) is 0 Å². The SMILES string of the molecule is CC[C@H](Oc1cc(C)ccc1C)C(=O)NCc1ccc(Cl)cc1. The molecular formula is C19H22ClNO2. The Morgan fingerprint density at radius 1 is 1.17 bits per heavy atom. The van der Waals surface area contributed by atoms with Gasteiger partial charge in [0.15, 0.2) is 6.10 Å². The number of aryl methyl sites for hydroxylation is 2. The van der Waals surface area contributed by atoms with Crippen molar-refractivity contribution in [2.75, 3.05) is 0 Å². The van der Waals surface area contributed by atoms with E-state index in [2.05, 4.69) is 5.32 Å². The van der Waals surface area contributed by atoms with Gasteiger partial charge in [-0.1, -0.05) is 42.8 Å². The van der Waals surface area contributed by atoms with Crippen molar-refractivity contribution < 1.29 is 9.53 Å². The number of ether oxygens (including phenoxy) is 1. The molecule has 2 aromatic carbocycles. The van der Waals surface area contributed by atoms with Crippen molar-refractivity contribution in [2.45, 2.75) is 39.8 Å². The second-order valence-electron chi connectivity index (χ2n) is 5.63. The highest BCUT2D eigenvalue weighted by molar-refractivity contribution is 6.30. The first-order valence-corrected chi connectivity index (χ1v) is 8.13. The number of carbonyl (C=O) groups excluding carboxylic acids is 1. The summed E-state index contributed by atoms with van der Waals surface area (Å²) < 4.78 is 5.91. The van der Waals surface area contributed by atoms with E-state index in [-0.39, 0.29) is 5.91 Å². The van der Waals surface area contributed by atoms with E-state index in [0.717, 1.165) is 22.4 Å². The molecule has 0 spiro atoms. The minimum absolute atomic E-state index is 0.108. The summed E-state index contributed by atoms with van der Waals surface area (Å²) in [4.78, 5) is 12.4. The molecule has 122 valence electrons. The van der Waals surface area contributed by atoms with Gasteiger partial charge in [-0.25, -0.2) is 0 Å². The maximum Gasteiger partial charge on any atom is 0.261 e. The number of benzene rings is 2. The smallest absolute Gasteiger partial charge is 0.261 e. The van der Waals surface area contributed by atoms with Crippen LogP contribution >= 0.6 is 11.6 Å². The summed E-state index contributed by atoms with van der Waals surface area (Å²) in [6.45, 7) is 6.39. The van der Waals surface area contributed by atoms with Crippen LogP contribution < -0.4 is 10.1 Å². The van der Waals surface area contributed by atoms with Crippen LogP contribution in [0.1, 0.15) is 30.0 Å². The first kappa shape index (κ1) is 17.4. The summed E-state index contributed by atoms with van der Waals surface area (Å²) in [6, 6.07) is 13.4. The van der Waals surface area contributed by atoms with Crippen molar-refractivity contribution in [3.8, 4) is 5.75 Å². The van der Waals surface area contributed by atoms with Crippen molar-refractivity contribution in [3.05, 3.63) is 64.2 Å². The fourth-order valence-electron chi connectivity index (χ4n) is 2.22. The molecule has 1 N–H and O–H groups in total. The molecule has 0 saturated carbocycles. The summed E-state index contributed by atoms with van der Waals surface area (Å²) in [5.74, 6) is 0.654. The third-order valence-electron chi connectivity index (χ3n) is 3.66. The van der Waals surface area contributed by atoms with E-state index in [9.17, 15) is 4.79 Å². The zero-order valence-corrected chi connectivity index (χ0v) is 14.5. The Morgan fingerprint density at radius 2 is 1.87 bits per heavy atom. The molecule has 0 aromatic heterocycles. The maximum atomic E-state index is 12.4. The van der Waals surface area contributed by atoms with Crippen molar-refractivity contribution >= 4 is 17.5 Å². The van der Waals surface area contributed by atoms with Gasteiger partial charge in [0.1, 0.15) is 5.75 Å². The third-order valence-corrected chi connectivity index (χ3v) is 3.91. The van der Waals surface area contributed by atoms with Crippen LogP contribution in [0.15, 0.2) is 42.5 Å². The van der Waals surface area contributed by atoms with E-state index in [1.165, 1.54) is 0 Å². The lowest BCUT2D eigenvalue weighted by molar-refractivity contribution is -0.128. The van der Waals surface area contributed by atoms with E-state index in [0.29, 0.717) is 18.0 Å². The molecule has 0 radical (unpaired) electrons. The lowest BCUT2D eigenvalue weighted by Crippen LogP contribution is -2.37. The number of halogens is 1. The largest absolute Gasteiger partial charge is 0.480 e. The van der Waals surface area contributed by atoms with E-state index >= 15 is 0 Å². The maximum absolute atomic E-state index is 12.4. The summed E-state index contributed by atoms with van der Waals surface area (Å²) in [5, 5.41) is 3.60. The monoisotopic (exact) mass is 331 g/mol. The lowest BCUT2D eigenvalue weighted by atomic mass is 10.1. The van der Waals surface area contributed by atoms with Gasteiger partial charge in [-0.05, 0) is 55.2 Å². The van der Waals surface area contributed by atoms with Crippen LogP contribution in [0, 0.1) is 13.8 Å². The molecule has 0 fully saturated rings. The highest BCUT2D eigenvalue weighted by Crippen LogP contribution is 2.21. The number of amides is 1. The third kappa shape index (κ3) is 5.00. The fraction of sp³-hybridized carbons (Fsp3) is 0.316. The minimum Gasteiger partial charge on any atom is -0.480 e. The molecule has 1 amide bonds. The highest BCUT2D eigenvalue weighted by atomic mass is 35.5. The fourth-order valence-corrected chi connectivity index (χ4v) is 2.34.